The number of carbonyl (C=O) groups is 1. The van der Waals surface area contributed by atoms with Gasteiger partial charge in [0.25, 0.3) is 5.91 Å². The Balaban J connectivity index is 1.52. The molecule has 1 saturated heterocycles. The molecule has 2 N–H and O–H groups in total. The van der Waals surface area contributed by atoms with Crippen molar-refractivity contribution in [2.45, 2.75) is 32.5 Å². The van der Waals surface area contributed by atoms with Crippen LogP contribution in [-0.4, -0.2) is 45.3 Å². The quantitative estimate of drug-likeness (QED) is 0.864. The second-order valence-electron chi connectivity index (χ2n) is 5.85. The Kier molecular flexibility index (Phi) is 5.00. The SMILES string of the molecule is Cc1ccc(CNC(=O)c2nnc(CN3CC[C@H](O)C3)s2)cc1. The van der Waals surface area contributed by atoms with Crippen LogP contribution in [0.15, 0.2) is 24.3 Å². The van der Waals surface area contributed by atoms with Crippen molar-refractivity contribution in [2.75, 3.05) is 13.1 Å². The highest BCUT2D eigenvalue weighted by molar-refractivity contribution is 7.13. The van der Waals surface area contributed by atoms with Gasteiger partial charge in [-0.15, -0.1) is 10.2 Å². The summed E-state index contributed by atoms with van der Waals surface area (Å²) in [6.45, 7) is 4.67. The first-order valence-corrected chi connectivity index (χ1v) is 8.48. The lowest BCUT2D eigenvalue weighted by Gasteiger charge is -2.11. The van der Waals surface area contributed by atoms with Crippen molar-refractivity contribution in [1.29, 1.82) is 0 Å². The Morgan fingerprint density at radius 2 is 2.17 bits per heavy atom. The number of hydrogen-bond donors (Lipinski definition) is 2. The van der Waals surface area contributed by atoms with Gasteiger partial charge in [-0.2, -0.15) is 0 Å². The molecule has 6 nitrogen and oxygen atoms in total. The summed E-state index contributed by atoms with van der Waals surface area (Å²) in [7, 11) is 0. The molecule has 0 aliphatic carbocycles. The minimum Gasteiger partial charge on any atom is -0.392 e. The number of amides is 1. The van der Waals surface area contributed by atoms with Gasteiger partial charge < -0.3 is 10.4 Å². The number of nitrogens with zero attached hydrogens (tertiary/aromatic N) is 3. The third-order valence-corrected chi connectivity index (χ3v) is 4.75. The van der Waals surface area contributed by atoms with E-state index in [1.54, 1.807) is 0 Å². The number of carbonyl (C=O) groups excluding carboxylic acids is 1. The van der Waals surface area contributed by atoms with Gasteiger partial charge in [0.15, 0.2) is 0 Å². The first-order valence-electron chi connectivity index (χ1n) is 7.66. The van der Waals surface area contributed by atoms with Crippen molar-refractivity contribution in [3.63, 3.8) is 0 Å². The van der Waals surface area contributed by atoms with Crippen molar-refractivity contribution < 1.29 is 9.90 Å². The van der Waals surface area contributed by atoms with E-state index < -0.39 is 0 Å². The van der Waals surface area contributed by atoms with E-state index in [-0.39, 0.29) is 12.0 Å². The Morgan fingerprint density at radius 1 is 1.39 bits per heavy atom. The first-order chi connectivity index (χ1) is 11.1. The fourth-order valence-corrected chi connectivity index (χ4v) is 3.32. The Bertz CT molecular complexity index is 671. The van der Waals surface area contributed by atoms with Gasteiger partial charge in [0.1, 0.15) is 5.01 Å². The molecule has 1 aliphatic rings. The van der Waals surface area contributed by atoms with Crippen LogP contribution in [0.4, 0.5) is 0 Å². The molecule has 1 amide bonds. The van der Waals surface area contributed by atoms with Gasteiger partial charge in [-0.05, 0) is 18.9 Å². The minimum absolute atomic E-state index is 0.198. The molecule has 0 saturated carbocycles. The number of benzene rings is 1. The number of aliphatic hydroxyl groups is 1. The molecular weight excluding hydrogens is 312 g/mol. The Morgan fingerprint density at radius 3 is 2.87 bits per heavy atom. The standard InChI is InChI=1S/C16H20N4O2S/c1-11-2-4-12(5-3-11)8-17-15(22)16-19-18-14(23-16)10-20-7-6-13(21)9-20/h2-5,13,21H,6-10H2,1H3,(H,17,22)/t13-/m0/s1. The highest BCUT2D eigenvalue weighted by Crippen LogP contribution is 2.16. The van der Waals surface area contributed by atoms with Gasteiger partial charge >= 0.3 is 0 Å². The van der Waals surface area contributed by atoms with Crippen molar-refractivity contribution >= 4 is 17.2 Å². The monoisotopic (exact) mass is 332 g/mol. The number of likely N-dealkylation sites (tertiary alicyclic amines) is 1. The predicted octanol–water partition coefficient (Wildman–Crippen LogP) is 1.34. The molecule has 1 fully saturated rings. The molecule has 0 unspecified atom stereocenters. The van der Waals surface area contributed by atoms with Gasteiger partial charge in [0, 0.05) is 19.6 Å². The fourth-order valence-electron chi connectivity index (χ4n) is 2.52. The second kappa shape index (κ2) is 7.16. The van der Waals surface area contributed by atoms with Gasteiger partial charge in [-0.1, -0.05) is 41.2 Å². The maximum atomic E-state index is 12.1. The second-order valence-corrected chi connectivity index (χ2v) is 6.91. The molecular formula is C16H20N4O2S. The van der Waals surface area contributed by atoms with E-state index in [2.05, 4.69) is 20.4 Å². The summed E-state index contributed by atoms with van der Waals surface area (Å²) in [5.41, 5.74) is 2.25. The molecule has 1 aromatic heterocycles. The highest BCUT2D eigenvalue weighted by atomic mass is 32.1. The van der Waals surface area contributed by atoms with Crippen LogP contribution in [0.5, 0.6) is 0 Å². The molecule has 1 aliphatic heterocycles. The molecule has 3 rings (SSSR count). The van der Waals surface area contributed by atoms with Crippen molar-refractivity contribution in [2.24, 2.45) is 0 Å². The molecule has 23 heavy (non-hydrogen) atoms. The van der Waals surface area contributed by atoms with Crippen molar-refractivity contribution in [1.82, 2.24) is 20.4 Å². The summed E-state index contributed by atoms with van der Waals surface area (Å²) in [5.74, 6) is -0.198. The normalized spacial score (nSPS) is 18.3. The van der Waals surface area contributed by atoms with Crippen LogP contribution < -0.4 is 5.32 Å². The summed E-state index contributed by atoms with van der Waals surface area (Å²) < 4.78 is 0. The van der Waals surface area contributed by atoms with Gasteiger partial charge in [-0.25, -0.2) is 0 Å². The van der Waals surface area contributed by atoms with E-state index in [0.29, 0.717) is 24.6 Å². The Labute approximate surface area is 139 Å². The summed E-state index contributed by atoms with van der Waals surface area (Å²) >= 11 is 1.31. The maximum absolute atomic E-state index is 12.1. The van der Waals surface area contributed by atoms with Crippen LogP contribution in [0.1, 0.15) is 32.4 Å². The van der Waals surface area contributed by atoms with E-state index in [4.69, 9.17) is 0 Å². The third-order valence-electron chi connectivity index (χ3n) is 3.84. The highest BCUT2D eigenvalue weighted by Gasteiger charge is 2.22. The van der Waals surface area contributed by atoms with Crippen LogP contribution >= 0.6 is 11.3 Å². The lowest BCUT2D eigenvalue weighted by atomic mass is 10.1. The van der Waals surface area contributed by atoms with Crippen LogP contribution in [0, 0.1) is 6.92 Å². The fraction of sp³-hybridized carbons (Fsp3) is 0.438. The van der Waals surface area contributed by atoms with Gasteiger partial charge in [-0.3, -0.25) is 9.69 Å². The van der Waals surface area contributed by atoms with Crippen LogP contribution in [0.2, 0.25) is 0 Å². The van der Waals surface area contributed by atoms with Gasteiger partial charge in [0.2, 0.25) is 5.01 Å². The van der Waals surface area contributed by atoms with E-state index in [0.717, 1.165) is 23.5 Å². The minimum atomic E-state index is -0.250. The van der Waals surface area contributed by atoms with Gasteiger partial charge in [0.05, 0.1) is 12.6 Å². The largest absolute Gasteiger partial charge is 0.392 e. The van der Waals surface area contributed by atoms with E-state index in [9.17, 15) is 9.90 Å². The molecule has 1 aromatic carbocycles. The number of rotatable bonds is 5. The lowest BCUT2D eigenvalue weighted by molar-refractivity contribution is 0.0950. The summed E-state index contributed by atoms with van der Waals surface area (Å²) in [6, 6.07) is 8.05. The number of aryl methyl sites for hydroxylation is 1. The summed E-state index contributed by atoms with van der Waals surface area (Å²) in [5, 5.41) is 21.6. The topological polar surface area (TPSA) is 78.4 Å². The number of β-amino-alcohol motifs (C(OH)–C–C–N with tert-alkyl or cyclic N) is 1. The average Bonchev–Trinajstić information content (AvgIpc) is 3.16. The first kappa shape index (κ1) is 16.0. The molecule has 0 radical (unpaired) electrons. The van der Waals surface area contributed by atoms with Crippen LogP contribution in [0.3, 0.4) is 0 Å². The van der Waals surface area contributed by atoms with Crippen LogP contribution in [-0.2, 0) is 13.1 Å². The number of nitrogens with one attached hydrogen (secondary N) is 1. The molecule has 0 bridgehead atoms. The zero-order valence-corrected chi connectivity index (χ0v) is 13.8. The van der Waals surface area contributed by atoms with Crippen LogP contribution in [0.25, 0.3) is 0 Å². The van der Waals surface area contributed by atoms with E-state index >= 15 is 0 Å². The molecule has 1 atom stereocenters. The lowest BCUT2D eigenvalue weighted by Crippen LogP contribution is -2.22. The van der Waals surface area contributed by atoms with E-state index in [1.165, 1.54) is 16.9 Å². The molecule has 0 spiro atoms. The Hall–Kier alpha value is -1.83. The summed E-state index contributed by atoms with van der Waals surface area (Å²) in [6.07, 6.45) is 0.545. The molecule has 2 heterocycles. The van der Waals surface area contributed by atoms with Crippen molar-refractivity contribution in [3.8, 4) is 0 Å². The smallest absolute Gasteiger partial charge is 0.282 e. The summed E-state index contributed by atoms with van der Waals surface area (Å²) in [4.78, 5) is 14.3. The van der Waals surface area contributed by atoms with E-state index in [1.807, 2.05) is 31.2 Å². The molecule has 122 valence electrons. The molecule has 2 aromatic rings. The number of aromatic nitrogens is 2. The number of aliphatic hydroxyl groups excluding tert-OH is 1. The zero-order valence-electron chi connectivity index (χ0n) is 13.0. The zero-order chi connectivity index (χ0) is 16.2. The molecule has 7 heteroatoms. The average molecular weight is 332 g/mol. The van der Waals surface area contributed by atoms with Crippen molar-refractivity contribution in [3.05, 3.63) is 45.4 Å². The maximum Gasteiger partial charge on any atom is 0.282 e. The third kappa shape index (κ3) is 4.34. The number of hydrogen-bond acceptors (Lipinski definition) is 6. The predicted molar refractivity (Wildman–Crippen MR) is 88.2 cm³/mol.